The summed E-state index contributed by atoms with van der Waals surface area (Å²) in [6.07, 6.45) is 6.65. The number of hydrazine groups is 1. The van der Waals surface area contributed by atoms with Crippen molar-refractivity contribution in [2.75, 3.05) is 33.5 Å². The SMILES string of the molecule is CO[C@@H](C)c1ncccc1-c1c2c3cc(ccc3n1CCO[C@H]1CCOC(C)(C)C1)-c1coc(n1)C[C@H](NC(=O)C1[C@@H](C)[C@H]1C)C(=O)N1CC3CC(C3)(N1)C(=O)OCC(C)(C)C2. The predicted octanol–water partition coefficient (Wildman–Crippen LogP) is 6.59. The van der Waals surface area contributed by atoms with Gasteiger partial charge in [-0.05, 0) is 94.0 Å². The monoisotopic (exact) mass is 850 g/mol. The molecule has 3 saturated heterocycles. The third-order valence-corrected chi connectivity index (χ3v) is 14.3. The predicted molar refractivity (Wildman–Crippen MR) is 231 cm³/mol. The number of carbonyl (C=O) groups is 3. The Kier molecular flexibility index (Phi) is 11.1. The number of carbonyl (C=O) groups excluding carboxylic acids is 3. The van der Waals surface area contributed by atoms with Crippen molar-refractivity contribution in [3.8, 4) is 22.5 Å². The van der Waals surface area contributed by atoms with E-state index in [1.54, 1.807) is 19.6 Å². The summed E-state index contributed by atoms with van der Waals surface area (Å²) < 4.78 is 33.2. The smallest absolute Gasteiger partial charge is 0.328 e. The van der Waals surface area contributed by atoms with E-state index >= 15 is 0 Å². The molecule has 2 saturated carbocycles. The standard InChI is InChI=1S/C48H62N6O8/c1-27-28(2)40(27)43(55)51-36-19-39-50-37(25-60-39)31-11-12-38-34(18-31)35(23-46(4,5)26-61-45(57)48-20-30(21-48)24-54(52-48)44(36)56)42(33-10-9-14-49-41(33)29(3)58-8)53(38)15-17-59-32-13-16-62-47(6,7)22-32/h9-12,14,18,25,27-30,32,36,40,52H,13,15-17,19-24,26H2,1-8H3,(H,51,55)/t27-,28+,29-,30?,32-,36-,40?,48?/m0/s1. The molecule has 5 fully saturated rings. The number of ether oxygens (including phenoxy) is 4. The Morgan fingerprint density at radius 3 is 2.63 bits per heavy atom. The highest BCUT2D eigenvalue weighted by Crippen LogP contribution is 2.47. The number of esters is 1. The number of nitrogens with one attached hydrogen (secondary N) is 2. The van der Waals surface area contributed by atoms with Gasteiger partial charge in [0.2, 0.25) is 5.91 Å². The Hall–Kier alpha value is -4.63. The van der Waals surface area contributed by atoms with E-state index in [0.29, 0.717) is 57.2 Å². The van der Waals surface area contributed by atoms with E-state index in [-0.39, 0.29) is 72.3 Å². The first kappa shape index (κ1) is 42.7. The minimum Gasteiger partial charge on any atom is -0.464 e. The van der Waals surface area contributed by atoms with E-state index in [9.17, 15) is 14.4 Å². The molecule has 7 bridgehead atoms. The van der Waals surface area contributed by atoms with Crippen molar-refractivity contribution in [2.45, 2.75) is 123 Å². The first-order chi connectivity index (χ1) is 29.5. The zero-order valence-corrected chi connectivity index (χ0v) is 37.4. The van der Waals surface area contributed by atoms with Crippen molar-refractivity contribution >= 4 is 28.7 Å². The normalized spacial score (nSPS) is 29.6. The molecule has 2 aliphatic carbocycles. The van der Waals surface area contributed by atoms with Crippen LogP contribution >= 0.6 is 0 Å². The van der Waals surface area contributed by atoms with Gasteiger partial charge in [-0.3, -0.25) is 19.6 Å². The lowest BCUT2D eigenvalue weighted by molar-refractivity contribution is -0.179. The largest absolute Gasteiger partial charge is 0.464 e. The van der Waals surface area contributed by atoms with Crippen molar-refractivity contribution in [1.82, 2.24) is 30.3 Å². The molecule has 4 aliphatic heterocycles. The summed E-state index contributed by atoms with van der Waals surface area (Å²) in [5.74, 6) is -0.105. The van der Waals surface area contributed by atoms with Gasteiger partial charge >= 0.3 is 5.97 Å². The summed E-state index contributed by atoms with van der Waals surface area (Å²) >= 11 is 0. The minimum atomic E-state index is -1.03. The summed E-state index contributed by atoms with van der Waals surface area (Å²) in [4.78, 5) is 51.9. The Morgan fingerprint density at radius 1 is 1.10 bits per heavy atom. The fourth-order valence-electron chi connectivity index (χ4n) is 10.5. The fraction of sp³-hybridized carbons (Fsp3) is 0.604. The van der Waals surface area contributed by atoms with E-state index < -0.39 is 17.0 Å². The van der Waals surface area contributed by atoms with Crippen molar-refractivity contribution < 1.29 is 37.7 Å². The summed E-state index contributed by atoms with van der Waals surface area (Å²) in [7, 11) is 1.70. The van der Waals surface area contributed by atoms with E-state index in [1.807, 2.05) is 32.9 Å². The van der Waals surface area contributed by atoms with Crippen LogP contribution in [0.1, 0.15) is 97.4 Å². The van der Waals surface area contributed by atoms with Crippen LogP contribution in [0.5, 0.6) is 0 Å². The van der Waals surface area contributed by atoms with Gasteiger partial charge in [-0.2, -0.15) is 0 Å². The lowest BCUT2D eigenvalue weighted by Crippen LogP contribution is -2.75. The minimum absolute atomic E-state index is 0.0499. The average molecular weight is 851 g/mol. The molecule has 7 heterocycles. The Labute approximate surface area is 363 Å². The second kappa shape index (κ2) is 16.2. The van der Waals surface area contributed by atoms with Crippen molar-refractivity contribution in [3.63, 3.8) is 0 Å². The number of cyclic esters (lactones) is 1. The zero-order chi connectivity index (χ0) is 43.7. The molecule has 6 aliphatic rings. The summed E-state index contributed by atoms with van der Waals surface area (Å²) in [6, 6.07) is 9.45. The number of hydrogen-bond acceptors (Lipinski definition) is 11. The number of methoxy groups -OCH3 is 1. The number of oxazole rings is 1. The molecule has 10 rings (SSSR count). The van der Waals surface area contributed by atoms with Gasteiger partial charge in [-0.25, -0.2) is 15.2 Å². The highest BCUT2D eigenvalue weighted by molar-refractivity contribution is 5.95. The molecule has 1 unspecified atom stereocenters. The molecule has 14 nitrogen and oxygen atoms in total. The van der Waals surface area contributed by atoms with E-state index in [4.69, 9.17) is 33.3 Å². The zero-order valence-electron chi connectivity index (χ0n) is 37.4. The van der Waals surface area contributed by atoms with Crippen LogP contribution in [0.4, 0.5) is 0 Å². The van der Waals surface area contributed by atoms with E-state index in [1.165, 1.54) is 5.01 Å². The maximum Gasteiger partial charge on any atom is 0.328 e. The molecule has 2 N–H and O–H groups in total. The maximum atomic E-state index is 14.4. The van der Waals surface area contributed by atoms with Crippen molar-refractivity contribution in [1.29, 1.82) is 0 Å². The lowest BCUT2D eigenvalue weighted by Gasteiger charge is -2.55. The maximum absolute atomic E-state index is 14.4. The van der Waals surface area contributed by atoms with Crippen LogP contribution in [0.3, 0.4) is 0 Å². The quantitative estimate of drug-likeness (QED) is 0.175. The summed E-state index contributed by atoms with van der Waals surface area (Å²) in [6.45, 7) is 16.9. The number of fused-ring (bicyclic) bond motifs is 4. The van der Waals surface area contributed by atoms with Crippen LogP contribution in [0, 0.1) is 29.1 Å². The summed E-state index contributed by atoms with van der Waals surface area (Å²) in [5.41, 5.74) is 7.84. The van der Waals surface area contributed by atoms with Crippen LogP contribution in [0.15, 0.2) is 47.2 Å². The molecular formula is C48H62N6O8. The Morgan fingerprint density at radius 2 is 1.89 bits per heavy atom. The number of nitrogens with zero attached hydrogens (tertiary/aromatic N) is 4. The molecule has 14 heteroatoms. The topological polar surface area (TPSA) is 159 Å². The first-order valence-corrected chi connectivity index (χ1v) is 22.5. The molecule has 6 atom stereocenters. The highest BCUT2D eigenvalue weighted by atomic mass is 16.5. The number of pyridine rings is 1. The Bertz CT molecular complexity index is 2350. The number of aromatic nitrogens is 3. The third kappa shape index (κ3) is 8.08. The van der Waals surface area contributed by atoms with Crippen molar-refractivity contribution in [3.05, 3.63) is 59.9 Å². The van der Waals surface area contributed by atoms with Crippen LogP contribution in [0.2, 0.25) is 0 Å². The van der Waals surface area contributed by atoms with E-state index in [0.717, 1.165) is 51.8 Å². The van der Waals surface area contributed by atoms with Crippen molar-refractivity contribution in [2.24, 2.45) is 29.1 Å². The molecular weight excluding hydrogens is 789 g/mol. The van der Waals surface area contributed by atoms with Crippen LogP contribution in [-0.2, 0) is 52.7 Å². The van der Waals surface area contributed by atoms with Crippen LogP contribution in [-0.4, -0.2) is 94.1 Å². The van der Waals surface area contributed by atoms with Crippen LogP contribution in [0.25, 0.3) is 33.4 Å². The second-order valence-electron chi connectivity index (χ2n) is 20.1. The van der Waals surface area contributed by atoms with Gasteiger partial charge < -0.3 is 33.2 Å². The van der Waals surface area contributed by atoms with E-state index in [2.05, 4.69) is 61.2 Å². The summed E-state index contributed by atoms with van der Waals surface area (Å²) in [5, 5.41) is 5.58. The highest BCUT2D eigenvalue weighted by Gasteiger charge is 2.58. The second-order valence-corrected chi connectivity index (χ2v) is 20.1. The van der Waals surface area contributed by atoms with Gasteiger partial charge in [0.25, 0.3) is 5.91 Å². The molecule has 4 aromatic rings. The van der Waals surface area contributed by atoms with Crippen LogP contribution < -0.4 is 10.7 Å². The molecule has 62 heavy (non-hydrogen) atoms. The first-order valence-electron chi connectivity index (χ1n) is 22.5. The van der Waals surface area contributed by atoms with Gasteiger partial charge in [0.05, 0.1) is 48.8 Å². The number of hydrogen-bond donors (Lipinski definition) is 2. The van der Waals surface area contributed by atoms with Gasteiger partial charge in [-0.1, -0.05) is 33.8 Å². The molecule has 1 spiro atoms. The molecule has 332 valence electrons. The van der Waals surface area contributed by atoms with Gasteiger partial charge in [-0.15, -0.1) is 0 Å². The molecule has 3 aromatic heterocycles. The number of benzene rings is 1. The lowest BCUT2D eigenvalue weighted by atomic mass is 9.66. The van der Waals surface area contributed by atoms with Gasteiger partial charge in [0.1, 0.15) is 23.5 Å². The molecule has 2 amide bonds. The number of amides is 2. The van der Waals surface area contributed by atoms with Gasteiger partial charge in [0.15, 0.2) is 5.89 Å². The average Bonchev–Trinajstić information content (AvgIpc) is 3.49. The Balaban J connectivity index is 1.15. The number of rotatable bonds is 9. The molecule has 0 radical (unpaired) electrons. The molecule has 1 aromatic carbocycles. The van der Waals surface area contributed by atoms with Gasteiger partial charge in [0, 0.05) is 72.8 Å². The third-order valence-electron chi connectivity index (χ3n) is 14.3. The fourth-order valence-corrected chi connectivity index (χ4v) is 10.5.